The van der Waals surface area contributed by atoms with E-state index in [9.17, 15) is 4.79 Å². The number of nitriles is 1. The van der Waals surface area contributed by atoms with Crippen molar-refractivity contribution in [3.8, 4) is 23.3 Å². The van der Waals surface area contributed by atoms with Gasteiger partial charge in [0.05, 0.1) is 21.3 Å². The summed E-state index contributed by atoms with van der Waals surface area (Å²) in [5.41, 5.74) is 0.778. The molecule has 0 spiro atoms. The van der Waals surface area contributed by atoms with E-state index in [1.54, 1.807) is 25.2 Å². The smallest absolute Gasteiger partial charge is 0.325 e. The fourth-order valence-electron chi connectivity index (χ4n) is 1.66. The maximum absolute atomic E-state index is 11.2. The summed E-state index contributed by atoms with van der Waals surface area (Å²) in [4.78, 5) is 12.5. The Hall–Kier alpha value is -2.42. The number of hydrogen-bond acceptors (Lipinski definition) is 5. The second kappa shape index (κ2) is 6.50. The first kappa shape index (κ1) is 14.6. The van der Waals surface area contributed by atoms with Gasteiger partial charge in [0.15, 0.2) is 17.6 Å². The molecular formula is C13H16N2O4. The molecule has 0 bridgehead atoms. The maximum Gasteiger partial charge on any atom is 0.325 e. The normalized spacial score (nSPS) is 9.42. The van der Waals surface area contributed by atoms with Gasteiger partial charge in [-0.15, -0.1) is 0 Å². The minimum Gasteiger partial charge on any atom is -0.493 e. The van der Waals surface area contributed by atoms with E-state index >= 15 is 0 Å². The lowest BCUT2D eigenvalue weighted by Gasteiger charge is -2.17. The summed E-state index contributed by atoms with van der Waals surface area (Å²) in [6.07, 6.45) is 0. The number of methoxy groups -OCH3 is 3. The van der Waals surface area contributed by atoms with Gasteiger partial charge in [0.25, 0.3) is 0 Å². The SMILES string of the molecule is COc1cc(CN(C)C(=O)C#N)cc(OC)c1OC. The molecule has 0 saturated heterocycles. The number of carbonyl (C=O) groups is 1. The first-order valence-corrected chi connectivity index (χ1v) is 5.51. The number of rotatable bonds is 5. The van der Waals surface area contributed by atoms with Crippen molar-refractivity contribution in [1.82, 2.24) is 4.90 Å². The van der Waals surface area contributed by atoms with E-state index in [1.165, 1.54) is 26.2 Å². The van der Waals surface area contributed by atoms with E-state index < -0.39 is 5.91 Å². The lowest BCUT2D eigenvalue weighted by molar-refractivity contribution is -0.124. The molecule has 0 N–H and O–H groups in total. The highest BCUT2D eigenvalue weighted by Crippen LogP contribution is 2.38. The molecule has 0 fully saturated rings. The lowest BCUT2D eigenvalue weighted by Crippen LogP contribution is -2.24. The molecule has 0 aliphatic heterocycles. The second-order valence-corrected chi connectivity index (χ2v) is 3.81. The predicted octanol–water partition coefficient (Wildman–Crippen LogP) is 1.19. The van der Waals surface area contributed by atoms with Crippen molar-refractivity contribution in [3.63, 3.8) is 0 Å². The molecule has 0 radical (unpaired) electrons. The van der Waals surface area contributed by atoms with E-state index in [2.05, 4.69) is 0 Å². The Labute approximate surface area is 112 Å². The van der Waals surface area contributed by atoms with E-state index in [1.807, 2.05) is 0 Å². The van der Waals surface area contributed by atoms with Gasteiger partial charge in [-0.25, -0.2) is 0 Å². The summed E-state index contributed by atoms with van der Waals surface area (Å²) in [7, 11) is 6.11. The average Bonchev–Trinajstić information content (AvgIpc) is 2.44. The van der Waals surface area contributed by atoms with Crippen LogP contribution in [0.5, 0.6) is 17.2 Å². The minimum atomic E-state index is -0.603. The molecule has 1 aromatic carbocycles. The van der Waals surface area contributed by atoms with Gasteiger partial charge < -0.3 is 19.1 Å². The number of benzene rings is 1. The van der Waals surface area contributed by atoms with Gasteiger partial charge in [0.1, 0.15) is 0 Å². The fourth-order valence-corrected chi connectivity index (χ4v) is 1.66. The molecule has 1 amide bonds. The van der Waals surface area contributed by atoms with Crippen LogP contribution in [0.1, 0.15) is 5.56 Å². The summed E-state index contributed by atoms with van der Waals surface area (Å²) in [5, 5.41) is 8.56. The topological polar surface area (TPSA) is 71.8 Å². The third kappa shape index (κ3) is 3.28. The Morgan fingerprint density at radius 2 is 1.74 bits per heavy atom. The van der Waals surface area contributed by atoms with Gasteiger partial charge in [-0.1, -0.05) is 0 Å². The van der Waals surface area contributed by atoms with Crippen molar-refractivity contribution < 1.29 is 19.0 Å². The molecule has 0 unspecified atom stereocenters. The third-order valence-electron chi connectivity index (χ3n) is 2.59. The van der Waals surface area contributed by atoms with Gasteiger partial charge in [0, 0.05) is 13.6 Å². The van der Waals surface area contributed by atoms with Crippen LogP contribution in [0.25, 0.3) is 0 Å². The van der Waals surface area contributed by atoms with Crippen LogP contribution in [0, 0.1) is 11.3 Å². The van der Waals surface area contributed by atoms with Crippen LogP contribution in [0.3, 0.4) is 0 Å². The van der Waals surface area contributed by atoms with Crippen LogP contribution in [-0.4, -0.2) is 39.2 Å². The van der Waals surface area contributed by atoms with E-state index in [4.69, 9.17) is 19.5 Å². The van der Waals surface area contributed by atoms with E-state index in [0.717, 1.165) is 5.56 Å². The first-order chi connectivity index (χ1) is 9.07. The monoisotopic (exact) mass is 264 g/mol. The molecular weight excluding hydrogens is 248 g/mol. The van der Waals surface area contributed by atoms with Crippen molar-refractivity contribution in [2.45, 2.75) is 6.54 Å². The molecule has 0 saturated carbocycles. The lowest BCUT2D eigenvalue weighted by atomic mass is 10.1. The third-order valence-corrected chi connectivity index (χ3v) is 2.59. The molecule has 0 aliphatic carbocycles. The van der Waals surface area contributed by atoms with Crippen LogP contribution in [-0.2, 0) is 11.3 Å². The molecule has 0 aliphatic rings. The summed E-state index contributed by atoms with van der Waals surface area (Å²) in [6.45, 7) is 0.281. The maximum atomic E-state index is 11.2. The fraction of sp³-hybridized carbons (Fsp3) is 0.385. The zero-order chi connectivity index (χ0) is 14.4. The van der Waals surface area contributed by atoms with Gasteiger partial charge >= 0.3 is 5.91 Å². The molecule has 0 aromatic heterocycles. The van der Waals surface area contributed by atoms with Crippen LogP contribution in [0.15, 0.2) is 12.1 Å². The Balaban J connectivity index is 3.10. The van der Waals surface area contributed by atoms with Gasteiger partial charge in [0.2, 0.25) is 5.75 Å². The van der Waals surface area contributed by atoms with Gasteiger partial charge in [-0.05, 0) is 17.7 Å². The largest absolute Gasteiger partial charge is 0.493 e. The summed E-state index contributed by atoms with van der Waals surface area (Å²) in [6, 6.07) is 5.04. The van der Waals surface area contributed by atoms with Crippen molar-refractivity contribution in [2.75, 3.05) is 28.4 Å². The highest BCUT2D eigenvalue weighted by molar-refractivity contribution is 5.90. The number of hydrogen-bond donors (Lipinski definition) is 0. The summed E-state index contributed by atoms with van der Waals surface area (Å²) in [5.74, 6) is 0.904. The molecule has 1 rings (SSSR count). The molecule has 6 nitrogen and oxygen atoms in total. The average molecular weight is 264 g/mol. The van der Waals surface area contributed by atoms with Crippen LogP contribution in [0.2, 0.25) is 0 Å². The number of ether oxygens (including phenoxy) is 3. The van der Waals surface area contributed by atoms with Crippen molar-refractivity contribution >= 4 is 5.91 Å². The zero-order valence-electron chi connectivity index (χ0n) is 11.4. The number of amides is 1. The molecule has 19 heavy (non-hydrogen) atoms. The predicted molar refractivity (Wildman–Crippen MR) is 68.2 cm³/mol. The Morgan fingerprint density at radius 1 is 1.21 bits per heavy atom. The van der Waals surface area contributed by atoms with Crippen molar-refractivity contribution in [1.29, 1.82) is 5.26 Å². The quantitative estimate of drug-likeness (QED) is 0.747. The standard InChI is InChI=1S/C13H16N2O4/c1-15(12(16)7-14)8-9-5-10(17-2)13(19-4)11(6-9)18-3/h5-6H,8H2,1-4H3. The van der Waals surface area contributed by atoms with Crippen molar-refractivity contribution in [2.24, 2.45) is 0 Å². The van der Waals surface area contributed by atoms with Gasteiger partial charge in [-0.2, -0.15) is 5.26 Å². The Bertz CT molecular complexity index is 483. The van der Waals surface area contributed by atoms with Crippen molar-refractivity contribution in [3.05, 3.63) is 17.7 Å². The number of carbonyl (C=O) groups excluding carboxylic acids is 1. The highest BCUT2D eigenvalue weighted by Gasteiger charge is 2.15. The number of nitrogens with zero attached hydrogens (tertiary/aromatic N) is 2. The molecule has 1 aromatic rings. The van der Waals surface area contributed by atoms with Crippen LogP contribution < -0.4 is 14.2 Å². The zero-order valence-corrected chi connectivity index (χ0v) is 11.4. The Morgan fingerprint density at radius 3 is 2.11 bits per heavy atom. The van der Waals surface area contributed by atoms with E-state index in [-0.39, 0.29) is 6.54 Å². The van der Waals surface area contributed by atoms with Gasteiger partial charge in [-0.3, -0.25) is 4.79 Å². The molecule has 0 heterocycles. The Kier molecular flexibility index (Phi) is 5.01. The summed E-state index contributed by atoms with van der Waals surface area (Å²) < 4.78 is 15.6. The highest BCUT2D eigenvalue weighted by atomic mass is 16.5. The second-order valence-electron chi connectivity index (χ2n) is 3.81. The molecule has 102 valence electrons. The van der Waals surface area contributed by atoms with E-state index in [0.29, 0.717) is 17.2 Å². The minimum absolute atomic E-state index is 0.281. The summed E-state index contributed by atoms with van der Waals surface area (Å²) >= 11 is 0. The van der Waals surface area contributed by atoms with Crippen LogP contribution in [0.4, 0.5) is 0 Å². The molecule has 6 heteroatoms. The van der Waals surface area contributed by atoms with Crippen LogP contribution >= 0.6 is 0 Å². The first-order valence-electron chi connectivity index (χ1n) is 5.51. The molecule has 0 atom stereocenters.